The van der Waals surface area contributed by atoms with Gasteiger partial charge in [0, 0.05) is 32.5 Å². The summed E-state index contributed by atoms with van der Waals surface area (Å²) in [5.41, 5.74) is -0.749. The Morgan fingerprint density at radius 1 is 1.38 bits per heavy atom. The average Bonchev–Trinajstić information content (AvgIpc) is 3.03. The highest BCUT2D eigenvalue weighted by molar-refractivity contribution is 5.92. The summed E-state index contributed by atoms with van der Waals surface area (Å²) < 4.78 is 49.3. The highest BCUT2D eigenvalue weighted by atomic mass is 19.4. The van der Waals surface area contributed by atoms with Gasteiger partial charge in [-0.05, 0) is 43.5 Å². The number of alkyl halides is 3. The molecule has 8 heteroatoms. The van der Waals surface area contributed by atoms with E-state index < -0.39 is 11.7 Å². The van der Waals surface area contributed by atoms with Gasteiger partial charge in [-0.2, -0.15) is 13.2 Å². The first-order valence-corrected chi connectivity index (χ1v) is 8.69. The standard InChI is InChI=1S/C18H23F3N2O3/c1-25-15-7-9-23(12-17(15)8-2-10-26-17)11-16(24)22-14-5-3-13(4-6-14)18(19,20)21/h3-6,15H,2,7-12H2,1H3,(H,22,24). The molecule has 144 valence electrons. The first kappa shape index (κ1) is 19.1. The minimum atomic E-state index is -4.39. The summed E-state index contributed by atoms with van der Waals surface area (Å²) in [6.45, 7) is 2.20. The summed E-state index contributed by atoms with van der Waals surface area (Å²) in [6, 6.07) is 4.45. The molecule has 2 unspecified atom stereocenters. The Kier molecular flexibility index (Phi) is 5.55. The highest BCUT2D eigenvalue weighted by Gasteiger charge is 2.47. The fourth-order valence-corrected chi connectivity index (χ4v) is 3.83. The van der Waals surface area contributed by atoms with Crippen molar-refractivity contribution in [3.8, 4) is 0 Å². The SMILES string of the molecule is COC1CCN(CC(=O)Nc2ccc(C(F)(F)F)cc2)CC12CCCO2. The molecular weight excluding hydrogens is 349 g/mol. The van der Waals surface area contributed by atoms with Crippen molar-refractivity contribution >= 4 is 11.6 Å². The van der Waals surface area contributed by atoms with Crippen LogP contribution >= 0.6 is 0 Å². The number of carbonyl (C=O) groups excluding carboxylic acids is 1. The number of anilines is 1. The lowest BCUT2D eigenvalue weighted by Gasteiger charge is -2.44. The zero-order chi connectivity index (χ0) is 18.8. The molecule has 1 spiro atoms. The van der Waals surface area contributed by atoms with E-state index in [-0.39, 0.29) is 24.2 Å². The van der Waals surface area contributed by atoms with Crippen LogP contribution in [0.2, 0.25) is 0 Å². The van der Waals surface area contributed by atoms with Gasteiger partial charge < -0.3 is 14.8 Å². The van der Waals surface area contributed by atoms with Crippen molar-refractivity contribution in [1.82, 2.24) is 4.90 Å². The Bertz CT molecular complexity index is 628. The molecule has 2 atom stereocenters. The van der Waals surface area contributed by atoms with Crippen LogP contribution in [0.25, 0.3) is 0 Å². The summed E-state index contributed by atoms with van der Waals surface area (Å²) in [4.78, 5) is 14.3. The molecule has 2 heterocycles. The number of carbonyl (C=O) groups is 1. The smallest absolute Gasteiger partial charge is 0.378 e. The van der Waals surface area contributed by atoms with Crippen LogP contribution in [0, 0.1) is 0 Å². The molecule has 26 heavy (non-hydrogen) atoms. The lowest BCUT2D eigenvalue weighted by Crippen LogP contribution is -2.58. The monoisotopic (exact) mass is 372 g/mol. The minimum Gasteiger partial charge on any atom is -0.378 e. The van der Waals surface area contributed by atoms with E-state index in [4.69, 9.17) is 9.47 Å². The van der Waals surface area contributed by atoms with Crippen LogP contribution in [0.15, 0.2) is 24.3 Å². The lowest BCUT2D eigenvalue weighted by molar-refractivity contribution is -0.146. The van der Waals surface area contributed by atoms with E-state index in [1.165, 1.54) is 12.1 Å². The van der Waals surface area contributed by atoms with Crippen LogP contribution < -0.4 is 5.32 Å². The van der Waals surface area contributed by atoms with Crippen LogP contribution in [0.4, 0.5) is 18.9 Å². The number of hydrogen-bond acceptors (Lipinski definition) is 4. The first-order chi connectivity index (χ1) is 12.3. The van der Waals surface area contributed by atoms with Gasteiger partial charge in [0.1, 0.15) is 5.60 Å². The molecule has 2 fully saturated rings. The maximum absolute atomic E-state index is 12.6. The van der Waals surface area contributed by atoms with Crippen molar-refractivity contribution in [3.05, 3.63) is 29.8 Å². The van der Waals surface area contributed by atoms with Crippen molar-refractivity contribution < 1.29 is 27.4 Å². The van der Waals surface area contributed by atoms with Gasteiger partial charge in [-0.3, -0.25) is 9.69 Å². The van der Waals surface area contributed by atoms with E-state index in [1.807, 2.05) is 4.90 Å². The van der Waals surface area contributed by atoms with Gasteiger partial charge in [-0.15, -0.1) is 0 Å². The predicted molar refractivity (Wildman–Crippen MR) is 89.8 cm³/mol. The van der Waals surface area contributed by atoms with Gasteiger partial charge in [-0.25, -0.2) is 0 Å². The third-order valence-corrected chi connectivity index (χ3v) is 5.07. The number of piperidine rings is 1. The lowest BCUT2D eigenvalue weighted by atomic mass is 9.87. The Hall–Kier alpha value is -1.64. The van der Waals surface area contributed by atoms with Crippen LogP contribution in [0.5, 0.6) is 0 Å². The van der Waals surface area contributed by atoms with Gasteiger partial charge in [0.05, 0.1) is 18.2 Å². The van der Waals surface area contributed by atoms with Crippen LogP contribution in [0.1, 0.15) is 24.8 Å². The van der Waals surface area contributed by atoms with E-state index in [9.17, 15) is 18.0 Å². The summed E-state index contributed by atoms with van der Waals surface area (Å²) in [5.74, 6) is -0.256. The molecular formula is C18H23F3N2O3. The fraction of sp³-hybridized carbons (Fsp3) is 0.611. The Morgan fingerprint density at radius 2 is 2.12 bits per heavy atom. The predicted octanol–water partition coefficient (Wildman–Crippen LogP) is 2.91. The van der Waals surface area contributed by atoms with Gasteiger partial charge in [-0.1, -0.05) is 0 Å². The van der Waals surface area contributed by atoms with E-state index in [0.29, 0.717) is 25.4 Å². The summed E-state index contributed by atoms with van der Waals surface area (Å²) in [7, 11) is 1.68. The Labute approximate surface area is 150 Å². The number of likely N-dealkylation sites (tertiary alicyclic amines) is 1. The number of nitrogens with zero attached hydrogens (tertiary/aromatic N) is 1. The largest absolute Gasteiger partial charge is 0.416 e. The minimum absolute atomic E-state index is 0.0271. The van der Waals surface area contributed by atoms with Gasteiger partial charge in [0.25, 0.3) is 0 Å². The molecule has 2 aliphatic rings. The number of rotatable bonds is 4. The molecule has 2 aliphatic heterocycles. The average molecular weight is 372 g/mol. The van der Waals surface area contributed by atoms with Gasteiger partial charge in [0.2, 0.25) is 5.91 Å². The number of ether oxygens (including phenoxy) is 2. The molecule has 3 rings (SSSR count). The van der Waals surface area contributed by atoms with E-state index in [1.54, 1.807) is 7.11 Å². The molecule has 1 N–H and O–H groups in total. The first-order valence-electron chi connectivity index (χ1n) is 8.69. The zero-order valence-electron chi connectivity index (χ0n) is 14.6. The van der Waals surface area contributed by atoms with Crippen molar-refractivity contribution in [2.45, 2.75) is 37.1 Å². The quantitative estimate of drug-likeness (QED) is 0.883. The molecule has 0 bridgehead atoms. The second-order valence-electron chi connectivity index (χ2n) is 6.86. The maximum Gasteiger partial charge on any atom is 0.416 e. The topological polar surface area (TPSA) is 50.8 Å². The summed E-state index contributed by atoms with van der Waals surface area (Å²) in [6.07, 6.45) is -1.69. The third-order valence-electron chi connectivity index (χ3n) is 5.07. The van der Waals surface area contributed by atoms with Crippen LogP contribution in [0.3, 0.4) is 0 Å². The number of nitrogens with one attached hydrogen (secondary N) is 1. The van der Waals surface area contributed by atoms with E-state index in [0.717, 1.165) is 31.4 Å². The molecule has 5 nitrogen and oxygen atoms in total. The second-order valence-corrected chi connectivity index (χ2v) is 6.86. The molecule has 0 saturated carbocycles. The van der Waals surface area contributed by atoms with E-state index >= 15 is 0 Å². The second kappa shape index (κ2) is 7.54. The van der Waals surface area contributed by atoms with Crippen molar-refractivity contribution in [1.29, 1.82) is 0 Å². The molecule has 1 aromatic rings. The van der Waals surface area contributed by atoms with Crippen molar-refractivity contribution in [3.63, 3.8) is 0 Å². The number of hydrogen-bond donors (Lipinski definition) is 1. The Morgan fingerprint density at radius 3 is 2.69 bits per heavy atom. The summed E-state index contributed by atoms with van der Waals surface area (Å²) in [5, 5.41) is 2.65. The summed E-state index contributed by atoms with van der Waals surface area (Å²) >= 11 is 0. The number of amides is 1. The number of halogens is 3. The third kappa shape index (κ3) is 4.19. The van der Waals surface area contributed by atoms with Crippen molar-refractivity contribution in [2.24, 2.45) is 0 Å². The van der Waals surface area contributed by atoms with Gasteiger partial charge in [0.15, 0.2) is 0 Å². The van der Waals surface area contributed by atoms with Crippen molar-refractivity contribution in [2.75, 3.05) is 38.7 Å². The normalized spacial score (nSPS) is 27.0. The van der Waals surface area contributed by atoms with Crippen LogP contribution in [-0.4, -0.2) is 55.9 Å². The molecule has 0 aliphatic carbocycles. The number of benzene rings is 1. The molecule has 0 radical (unpaired) electrons. The van der Waals surface area contributed by atoms with E-state index in [2.05, 4.69) is 5.32 Å². The molecule has 2 saturated heterocycles. The Balaban J connectivity index is 1.56. The highest BCUT2D eigenvalue weighted by Crippen LogP contribution is 2.36. The molecule has 0 aromatic heterocycles. The van der Waals surface area contributed by atoms with Crippen LogP contribution in [-0.2, 0) is 20.4 Å². The van der Waals surface area contributed by atoms with Gasteiger partial charge >= 0.3 is 6.18 Å². The molecule has 1 amide bonds. The molecule has 1 aromatic carbocycles. The number of methoxy groups -OCH3 is 1. The maximum atomic E-state index is 12.6. The zero-order valence-corrected chi connectivity index (χ0v) is 14.6. The fourth-order valence-electron chi connectivity index (χ4n) is 3.83.